The number of ether oxygens (including phenoxy) is 1. The fourth-order valence-corrected chi connectivity index (χ4v) is 4.07. The number of rotatable bonds is 4. The molecular formula is C12H21NO4S. The molecule has 0 spiro atoms. The Balaban J connectivity index is 1.76. The molecule has 0 aromatic carbocycles. The summed E-state index contributed by atoms with van der Waals surface area (Å²) >= 11 is 0. The number of Topliss-reactive ketones (excluding diaryl/α,β-unsaturated/α-hetero) is 1. The molecule has 18 heavy (non-hydrogen) atoms. The van der Waals surface area contributed by atoms with Gasteiger partial charge in [0.2, 0.25) is 0 Å². The first-order valence-electron chi connectivity index (χ1n) is 6.58. The smallest absolute Gasteiger partial charge is 0.153 e. The van der Waals surface area contributed by atoms with E-state index in [1.54, 1.807) is 0 Å². The van der Waals surface area contributed by atoms with Gasteiger partial charge in [0.25, 0.3) is 0 Å². The maximum absolute atomic E-state index is 11.9. The average molecular weight is 275 g/mol. The van der Waals surface area contributed by atoms with Crippen LogP contribution >= 0.6 is 0 Å². The first-order valence-corrected chi connectivity index (χ1v) is 8.40. The van der Waals surface area contributed by atoms with Crippen LogP contribution in [0.2, 0.25) is 0 Å². The summed E-state index contributed by atoms with van der Waals surface area (Å²) in [6.45, 7) is 1.96. The topological polar surface area (TPSA) is 72.5 Å². The molecule has 2 rings (SSSR count). The van der Waals surface area contributed by atoms with Crippen molar-refractivity contribution in [3.63, 3.8) is 0 Å². The number of carbonyl (C=O) groups is 1. The van der Waals surface area contributed by atoms with Crippen molar-refractivity contribution in [1.82, 2.24) is 5.32 Å². The molecule has 5 nitrogen and oxygen atoms in total. The van der Waals surface area contributed by atoms with Crippen LogP contribution in [0.3, 0.4) is 0 Å². The van der Waals surface area contributed by atoms with E-state index in [4.69, 9.17) is 4.74 Å². The molecule has 2 saturated heterocycles. The average Bonchev–Trinajstić information content (AvgIpc) is 2.28. The minimum atomic E-state index is -2.95. The van der Waals surface area contributed by atoms with Gasteiger partial charge in [0.1, 0.15) is 5.78 Å². The van der Waals surface area contributed by atoms with Crippen molar-refractivity contribution >= 4 is 15.6 Å². The molecule has 0 saturated carbocycles. The quantitative estimate of drug-likeness (QED) is 0.790. The Kier molecular flexibility index (Phi) is 4.75. The third-order valence-corrected chi connectivity index (χ3v) is 5.37. The van der Waals surface area contributed by atoms with E-state index < -0.39 is 9.84 Å². The van der Waals surface area contributed by atoms with Crippen molar-refractivity contribution < 1.29 is 17.9 Å². The number of carbonyl (C=O) groups excluding carboxylic acids is 1. The first kappa shape index (κ1) is 14.0. The fourth-order valence-electron chi connectivity index (χ4n) is 2.63. The number of sulfone groups is 1. The van der Waals surface area contributed by atoms with Crippen LogP contribution in [-0.2, 0) is 19.4 Å². The second-order valence-electron chi connectivity index (χ2n) is 5.27. The first-order chi connectivity index (χ1) is 8.55. The zero-order valence-corrected chi connectivity index (χ0v) is 11.4. The molecule has 104 valence electrons. The maximum atomic E-state index is 11.9. The molecule has 6 heteroatoms. The van der Waals surface area contributed by atoms with Crippen molar-refractivity contribution in [2.75, 3.05) is 31.3 Å². The molecule has 0 bridgehead atoms. The third-order valence-electron chi connectivity index (χ3n) is 3.63. The lowest BCUT2D eigenvalue weighted by molar-refractivity contribution is -0.121. The molecule has 0 amide bonds. The monoisotopic (exact) mass is 275 g/mol. The zero-order chi connectivity index (χ0) is 13.0. The van der Waals surface area contributed by atoms with Gasteiger partial charge in [-0.3, -0.25) is 4.79 Å². The van der Waals surface area contributed by atoms with E-state index in [1.165, 1.54) is 0 Å². The Morgan fingerprint density at radius 2 is 1.94 bits per heavy atom. The van der Waals surface area contributed by atoms with E-state index in [0.717, 1.165) is 26.1 Å². The molecule has 1 N–H and O–H groups in total. The van der Waals surface area contributed by atoms with E-state index in [0.29, 0.717) is 25.3 Å². The summed E-state index contributed by atoms with van der Waals surface area (Å²) in [6, 6.07) is -0.184. The van der Waals surface area contributed by atoms with Gasteiger partial charge in [0.05, 0.1) is 11.5 Å². The van der Waals surface area contributed by atoms with Gasteiger partial charge in [-0.15, -0.1) is 0 Å². The van der Waals surface area contributed by atoms with Crippen LogP contribution in [-0.4, -0.2) is 51.5 Å². The maximum Gasteiger partial charge on any atom is 0.153 e. The molecule has 2 heterocycles. The van der Waals surface area contributed by atoms with Crippen molar-refractivity contribution in [2.45, 2.75) is 31.7 Å². The van der Waals surface area contributed by atoms with Gasteiger partial charge in [0, 0.05) is 38.6 Å². The van der Waals surface area contributed by atoms with E-state index in [9.17, 15) is 13.2 Å². The summed E-state index contributed by atoms with van der Waals surface area (Å²) in [7, 11) is -2.95. The molecule has 0 aromatic heterocycles. The molecule has 0 radical (unpaired) electrons. The molecule has 1 unspecified atom stereocenters. The minimum absolute atomic E-state index is 0.104. The molecule has 1 atom stereocenters. The van der Waals surface area contributed by atoms with Gasteiger partial charge in [0.15, 0.2) is 9.84 Å². The Bertz CT molecular complexity index is 387. The SMILES string of the molecule is O=C(CC1CCOCC1)CC1CS(=O)(=O)CCN1. The summed E-state index contributed by atoms with van der Waals surface area (Å²) in [5.41, 5.74) is 0. The summed E-state index contributed by atoms with van der Waals surface area (Å²) in [5.74, 6) is 0.896. The highest BCUT2D eigenvalue weighted by molar-refractivity contribution is 7.91. The summed E-state index contributed by atoms with van der Waals surface area (Å²) in [6.07, 6.45) is 2.81. The van der Waals surface area contributed by atoms with Gasteiger partial charge in [-0.05, 0) is 18.8 Å². The van der Waals surface area contributed by atoms with Gasteiger partial charge >= 0.3 is 0 Å². The predicted molar refractivity (Wildman–Crippen MR) is 68.2 cm³/mol. The molecule has 2 aliphatic rings. The van der Waals surface area contributed by atoms with E-state index >= 15 is 0 Å². The third kappa shape index (κ3) is 4.33. The van der Waals surface area contributed by atoms with Crippen molar-refractivity contribution in [1.29, 1.82) is 0 Å². The minimum Gasteiger partial charge on any atom is -0.381 e. The van der Waals surface area contributed by atoms with Crippen LogP contribution in [0, 0.1) is 5.92 Å². The molecule has 2 fully saturated rings. The van der Waals surface area contributed by atoms with Crippen LogP contribution in [0.15, 0.2) is 0 Å². The Morgan fingerprint density at radius 3 is 2.61 bits per heavy atom. The van der Waals surface area contributed by atoms with Gasteiger partial charge < -0.3 is 10.1 Å². The van der Waals surface area contributed by atoms with E-state index in [-0.39, 0.29) is 23.3 Å². The lowest BCUT2D eigenvalue weighted by Crippen LogP contribution is -2.46. The Morgan fingerprint density at radius 1 is 1.22 bits per heavy atom. The predicted octanol–water partition coefficient (Wildman–Crippen LogP) is 0.149. The van der Waals surface area contributed by atoms with Crippen LogP contribution < -0.4 is 5.32 Å². The van der Waals surface area contributed by atoms with Crippen LogP contribution in [0.5, 0.6) is 0 Å². The summed E-state index contributed by atoms with van der Waals surface area (Å²) < 4.78 is 28.2. The largest absolute Gasteiger partial charge is 0.381 e. The lowest BCUT2D eigenvalue weighted by atomic mass is 9.92. The fraction of sp³-hybridized carbons (Fsp3) is 0.917. The molecule has 2 aliphatic heterocycles. The summed E-state index contributed by atoms with van der Waals surface area (Å²) in [5, 5.41) is 3.12. The molecule has 0 aliphatic carbocycles. The van der Waals surface area contributed by atoms with Gasteiger partial charge in [-0.1, -0.05) is 0 Å². The number of ketones is 1. The number of nitrogens with one attached hydrogen (secondary N) is 1. The van der Waals surface area contributed by atoms with Crippen molar-refractivity contribution in [2.24, 2.45) is 5.92 Å². The molecular weight excluding hydrogens is 254 g/mol. The van der Waals surface area contributed by atoms with Gasteiger partial charge in [-0.2, -0.15) is 0 Å². The standard InChI is InChI=1S/C12H21NO4S/c14-12(7-10-1-4-17-5-2-10)8-11-9-18(15,16)6-3-13-11/h10-11,13H,1-9H2. The van der Waals surface area contributed by atoms with E-state index in [1.807, 2.05) is 0 Å². The van der Waals surface area contributed by atoms with Crippen LogP contribution in [0.4, 0.5) is 0 Å². The number of hydrogen-bond donors (Lipinski definition) is 1. The highest BCUT2D eigenvalue weighted by atomic mass is 32.2. The van der Waals surface area contributed by atoms with Crippen molar-refractivity contribution in [3.05, 3.63) is 0 Å². The highest BCUT2D eigenvalue weighted by Gasteiger charge is 2.27. The van der Waals surface area contributed by atoms with Crippen molar-refractivity contribution in [3.8, 4) is 0 Å². The highest BCUT2D eigenvalue weighted by Crippen LogP contribution is 2.20. The number of hydrogen-bond acceptors (Lipinski definition) is 5. The normalized spacial score (nSPS) is 29.0. The van der Waals surface area contributed by atoms with Crippen LogP contribution in [0.1, 0.15) is 25.7 Å². The Hall–Kier alpha value is -0.460. The zero-order valence-electron chi connectivity index (χ0n) is 10.6. The summed E-state index contributed by atoms with van der Waals surface area (Å²) in [4.78, 5) is 11.9. The van der Waals surface area contributed by atoms with E-state index in [2.05, 4.69) is 5.32 Å². The van der Waals surface area contributed by atoms with Gasteiger partial charge in [-0.25, -0.2) is 8.42 Å². The Labute approximate surface area is 108 Å². The van der Waals surface area contributed by atoms with Crippen LogP contribution in [0.25, 0.3) is 0 Å². The lowest BCUT2D eigenvalue weighted by Gasteiger charge is -2.25. The molecule has 0 aromatic rings. The second-order valence-corrected chi connectivity index (χ2v) is 7.50. The second kappa shape index (κ2) is 6.12.